The van der Waals surface area contributed by atoms with Crippen molar-refractivity contribution in [3.63, 3.8) is 0 Å². The number of carbonyl (C=O) groups excluding carboxylic acids is 1. The highest BCUT2D eigenvalue weighted by Gasteiger charge is 2.07. The third-order valence-electron chi connectivity index (χ3n) is 2.55. The molecule has 0 aliphatic rings. The molecule has 3 nitrogen and oxygen atoms in total. The number of rotatable bonds is 5. The van der Waals surface area contributed by atoms with Crippen molar-refractivity contribution in [2.45, 2.75) is 6.54 Å². The highest BCUT2D eigenvalue weighted by atomic mass is 127. The Bertz CT molecular complexity index is 542. The molecule has 0 bridgehead atoms. The SMILES string of the molecule is CN(CC(=O)Nc1cccc(I)c1)Cc1ccsc1. The van der Waals surface area contributed by atoms with Gasteiger partial charge < -0.3 is 5.32 Å². The molecule has 5 heteroatoms. The minimum absolute atomic E-state index is 0.0136. The molecule has 0 aliphatic heterocycles. The fourth-order valence-electron chi connectivity index (χ4n) is 1.76. The molecule has 0 unspecified atom stereocenters. The molecule has 0 spiro atoms. The van der Waals surface area contributed by atoms with E-state index in [1.807, 2.05) is 36.2 Å². The second-order valence-corrected chi connectivity index (χ2v) is 6.39. The first-order valence-corrected chi connectivity index (χ1v) is 7.90. The van der Waals surface area contributed by atoms with Crippen molar-refractivity contribution >= 4 is 45.5 Å². The van der Waals surface area contributed by atoms with Crippen molar-refractivity contribution in [1.29, 1.82) is 0 Å². The Morgan fingerprint density at radius 3 is 2.95 bits per heavy atom. The van der Waals surface area contributed by atoms with Crippen LogP contribution in [0, 0.1) is 3.57 Å². The average molecular weight is 386 g/mol. The Morgan fingerprint density at radius 1 is 1.42 bits per heavy atom. The maximum atomic E-state index is 11.9. The van der Waals surface area contributed by atoms with E-state index >= 15 is 0 Å². The van der Waals surface area contributed by atoms with Gasteiger partial charge in [0.2, 0.25) is 5.91 Å². The van der Waals surface area contributed by atoms with Gasteiger partial charge in [-0.25, -0.2) is 0 Å². The molecule has 2 rings (SSSR count). The molecule has 0 fully saturated rings. The van der Waals surface area contributed by atoms with Crippen molar-refractivity contribution in [3.8, 4) is 0 Å². The normalized spacial score (nSPS) is 10.7. The predicted molar refractivity (Wildman–Crippen MR) is 88.4 cm³/mol. The zero-order valence-electron chi connectivity index (χ0n) is 10.6. The molecule has 0 aliphatic carbocycles. The molecule has 100 valence electrons. The van der Waals surface area contributed by atoms with Gasteiger partial charge in [0.1, 0.15) is 0 Å². The Kier molecular flexibility index (Phi) is 5.35. The third kappa shape index (κ3) is 4.93. The zero-order chi connectivity index (χ0) is 13.7. The van der Waals surface area contributed by atoms with E-state index in [9.17, 15) is 4.79 Å². The number of hydrogen-bond donors (Lipinski definition) is 1. The molecule has 0 atom stereocenters. The molecular weight excluding hydrogens is 371 g/mol. The standard InChI is InChI=1S/C14H15IN2OS/c1-17(8-11-5-6-19-10-11)9-14(18)16-13-4-2-3-12(15)7-13/h2-7,10H,8-9H2,1H3,(H,16,18). The first-order chi connectivity index (χ1) is 9.13. The van der Waals surface area contributed by atoms with Crippen LogP contribution in [0.15, 0.2) is 41.1 Å². The largest absolute Gasteiger partial charge is 0.325 e. The first-order valence-electron chi connectivity index (χ1n) is 5.88. The topological polar surface area (TPSA) is 32.3 Å². The number of nitrogens with zero attached hydrogens (tertiary/aromatic N) is 1. The van der Waals surface area contributed by atoms with E-state index in [-0.39, 0.29) is 5.91 Å². The molecule has 1 aromatic heterocycles. The number of likely N-dealkylation sites (N-methyl/N-ethyl adjacent to an activating group) is 1. The lowest BCUT2D eigenvalue weighted by atomic mass is 10.3. The number of anilines is 1. The summed E-state index contributed by atoms with van der Waals surface area (Å²) in [6.45, 7) is 1.19. The van der Waals surface area contributed by atoms with Gasteiger partial charge in [-0.1, -0.05) is 6.07 Å². The molecule has 1 heterocycles. The van der Waals surface area contributed by atoms with Crippen LogP contribution in [-0.4, -0.2) is 24.4 Å². The van der Waals surface area contributed by atoms with Crippen LogP contribution < -0.4 is 5.32 Å². The van der Waals surface area contributed by atoms with E-state index in [0.29, 0.717) is 6.54 Å². The number of carbonyl (C=O) groups is 1. The maximum absolute atomic E-state index is 11.9. The van der Waals surface area contributed by atoms with E-state index < -0.39 is 0 Å². The van der Waals surface area contributed by atoms with Crippen molar-refractivity contribution in [2.75, 3.05) is 18.9 Å². The quantitative estimate of drug-likeness (QED) is 0.799. The Morgan fingerprint density at radius 2 is 2.26 bits per heavy atom. The smallest absolute Gasteiger partial charge is 0.238 e. The van der Waals surface area contributed by atoms with Crippen LogP contribution in [-0.2, 0) is 11.3 Å². The lowest BCUT2D eigenvalue weighted by Gasteiger charge is -2.15. The predicted octanol–water partition coefficient (Wildman–Crippen LogP) is 3.42. The summed E-state index contributed by atoms with van der Waals surface area (Å²) in [4.78, 5) is 13.9. The van der Waals surface area contributed by atoms with Crippen molar-refractivity contribution in [1.82, 2.24) is 4.90 Å². The molecule has 1 N–H and O–H groups in total. The van der Waals surface area contributed by atoms with Crippen LogP contribution >= 0.6 is 33.9 Å². The second kappa shape index (κ2) is 7.02. The Hall–Kier alpha value is -0.920. The minimum atomic E-state index is 0.0136. The van der Waals surface area contributed by atoms with Gasteiger partial charge in [0.05, 0.1) is 6.54 Å². The van der Waals surface area contributed by atoms with Gasteiger partial charge in [-0.2, -0.15) is 11.3 Å². The van der Waals surface area contributed by atoms with Crippen LogP contribution in [0.4, 0.5) is 5.69 Å². The number of amides is 1. The molecule has 2 aromatic rings. The molecule has 19 heavy (non-hydrogen) atoms. The summed E-state index contributed by atoms with van der Waals surface area (Å²) in [5.41, 5.74) is 2.09. The Labute approximate surface area is 130 Å². The highest BCUT2D eigenvalue weighted by molar-refractivity contribution is 14.1. The molecule has 0 saturated heterocycles. The summed E-state index contributed by atoms with van der Waals surface area (Å²) in [5.74, 6) is 0.0136. The molecular formula is C14H15IN2OS. The minimum Gasteiger partial charge on any atom is -0.325 e. The molecule has 1 amide bonds. The van der Waals surface area contributed by atoms with Gasteiger partial charge in [-0.3, -0.25) is 9.69 Å². The van der Waals surface area contributed by atoms with Crippen molar-refractivity contribution in [2.24, 2.45) is 0 Å². The van der Waals surface area contributed by atoms with Crippen LogP contribution in [0.2, 0.25) is 0 Å². The maximum Gasteiger partial charge on any atom is 0.238 e. The fraction of sp³-hybridized carbons (Fsp3) is 0.214. The van der Waals surface area contributed by atoms with Crippen LogP contribution in [0.3, 0.4) is 0 Å². The summed E-state index contributed by atoms with van der Waals surface area (Å²) in [7, 11) is 1.95. The number of halogens is 1. The van der Waals surface area contributed by atoms with Gasteiger partial charge in [0, 0.05) is 15.8 Å². The monoisotopic (exact) mass is 386 g/mol. The first kappa shape index (κ1) is 14.5. The molecule has 1 aromatic carbocycles. The van der Waals surface area contributed by atoms with E-state index in [0.717, 1.165) is 15.8 Å². The summed E-state index contributed by atoms with van der Waals surface area (Å²) in [5, 5.41) is 7.07. The molecule has 0 saturated carbocycles. The van der Waals surface area contributed by atoms with Crippen LogP contribution in [0.25, 0.3) is 0 Å². The van der Waals surface area contributed by atoms with Gasteiger partial charge in [0.15, 0.2) is 0 Å². The van der Waals surface area contributed by atoms with Crippen molar-refractivity contribution < 1.29 is 4.79 Å². The zero-order valence-corrected chi connectivity index (χ0v) is 13.6. The fourth-order valence-corrected chi connectivity index (χ4v) is 2.97. The molecule has 0 radical (unpaired) electrons. The second-order valence-electron chi connectivity index (χ2n) is 4.36. The lowest BCUT2D eigenvalue weighted by molar-refractivity contribution is -0.117. The van der Waals surface area contributed by atoms with E-state index in [2.05, 4.69) is 44.7 Å². The number of hydrogen-bond acceptors (Lipinski definition) is 3. The van der Waals surface area contributed by atoms with Crippen LogP contribution in [0.5, 0.6) is 0 Å². The summed E-state index contributed by atoms with van der Waals surface area (Å²) in [6.07, 6.45) is 0. The van der Waals surface area contributed by atoms with Gasteiger partial charge in [-0.05, 0) is 70.2 Å². The average Bonchev–Trinajstić information content (AvgIpc) is 2.81. The number of nitrogens with one attached hydrogen (secondary N) is 1. The summed E-state index contributed by atoms with van der Waals surface area (Å²) >= 11 is 3.91. The highest BCUT2D eigenvalue weighted by Crippen LogP contribution is 2.12. The number of benzene rings is 1. The summed E-state index contributed by atoms with van der Waals surface area (Å²) in [6, 6.07) is 9.88. The van der Waals surface area contributed by atoms with E-state index in [4.69, 9.17) is 0 Å². The van der Waals surface area contributed by atoms with Gasteiger partial charge >= 0.3 is 0 Å². The van der Waals surface area contributed by atoms with E-state index in [1.165, 1.54) is 5.56 Å². The third-order valence-corrected chi connectivity index (χ3v) is 3.96. The van der Waals surface area contributed by atoms with E-state index in [1.54, 1.807) is 11.3 Å². The summed E-state index contributed by atoms with van der Waals surface area (Å²) < 4.78 is 1.11. The van der Waals surface area contributed by atoms with Crippen molar-refractivity contribution in [3.05, 3.63) is 50.2 Å². The lowest BCUT2D eigenvalue weighted by Crippen LogP contribution is -2.29. The number of thiophene rings is 1. The van der Waals surface area contributed by atoms with Crippen LogP contribution in [0.1, 0.15) is 5.56 Å². The van der Waals surface area contributed by atoms with Gasteiger partial charge in [-0.15, -0.1) is 0 Å². The Balaban J connectivity index is 1.84. The van der Waals surface area contributed by atoms with Gasteiger partial charge in [0.25, 0.3) is 0 Å².